The number of aromatic nitrogens is 1. The van der Waals surface area contributed by atoms with Crippen molar-refractivity contribution in [2.24, 2.45) is 0 Å². The molecule has 0 saturated carbocycles. The average Bonchev–Trinajstić information content (AvgIpc) is 3.47. The van der Waals surface area contributed by atoms with Gasteiger partial charge in [-0.2, -0.15) is 0 Å². The van der Waals surface area contributed by atoms with Crippen LogP contribution in [-0.2, 0) is 12.8 Å². The molecule has 0 spiro atoms. The number of urea groups is 1. The van der Waals surface area contributed by atoms with Gasteiger partial charge >= 0.3 is 6.03 Å². The minimum absolute atomic E-state index is 0.0341. The number of rotatable bonds is 7. The Labute approximate surface area is 195 Å². The lowest BCUT2D eigenvalue weighted by atomic mass is 9.85. The topological polar surface area (TPSA) is 102 Å². The Bertz CT molecular complexity index is 1120. The molecule has 3 aromatic rings. The van der Waals surface area contributed by atoms with E-state index in [1.807, 2.05) is 6.07 Å². The highest BCUT2D eigenvalue weighted by Crippen LogP contribution is 2.37. The number of ether oxygens (including phenoxy) is 3. The quantitative estimate of drug-likeness (QED) is 0.490. The van der Waals surface area contributed by atoms with Gasteiger partial charge in [-0.3, -0.25) is 5.32 Å². The maximum absolute atomic E-state index is 12.3. The Morgan fingerprint density at radius 2 is 2.06 bits per heavy atom. The smallest absolute Gasteiger partial charge is 0.321 e. The molecule has 2 aliphatic rings. The van der Waals surface area contributed by atoms with E-state index in [-0.39, 0.29) is 19.9 Å². The number of benzene rings is 2. The summed E-state index contributed by atoms with van der Waals surface area (Å²) in [5, 5.41) is 16.2. The summed E-state index contributed by atoms with van der Waals surface area (Å²) in [5.74, 6) is 2.33. The first-order chi connectivity index (χ1) is 16.1. The molecular weight excluding hydrogens is 442 g/mol. The van der Waals surface area contributed by atoms with Crippen LogP contribution in [0.1, 0.15) is 28.5 Å². The van der Waals surface area contributed by atoms with Crippen LogP contribution in [-0.4, -0.2) is 42.2 Å². The summed E-state index contributed by atoms with van der Waals surface area (Å²) in [6.45, 7) is 0.278. The number of carbonyl (C=O) groups excluding carboxylic acids is 1. The molecule has 8 nitrogen and oxygen atoms in total. The molecule has 0 saturated heterocycles. The second kappa shape index (κ2) is 9.68. The number of aliphatic hydroxyl groups excluding tert-OH is 1. The van der Waals surface area contributed by atoms with Crippen LogP contribution in [0.5, 0.6) is 17.2 Å². The van der Waals surface area contributed by atoms with Crippen molar-refractivity contribution in [2.45, 2.75) is 31.3 Å². The van der Waals surface area contributed by atoms with E-state index in [0.29, 0.717) is 28.3 Å². The third-order valence-corrected chi connectivity index (χ3v) is 6.75. The van der Waals surface area contributed by atoms with Gasteiger partial charge in [0.15, 0.2) is 16.6 Å². The minimum atomic E-state index is -0.864. The van der Waals surface area contributed by atoms with Crippen LogP contribution in [0, 0.1) is 0 Å². The fourth-order valence-corrected chi connectivity index (χ4v) is 5.09. The van der Waals surface area contributed by atoms with Crippen LogP contribution in [0.2, 0.25) is 0 Å². The number of aliphatic hydroxyl groups is 1. The number of amides is 2. The second-order valence-electron chi connectivity index (χ2n) is 8.05. The zero-order valence-electron chi connectivity index (χ0n) is 18.0. The Hall–Kier alpha value is -3.30. The number of hydrogen-bond donors (Lipinski definition) is 3. The molecule has 0 fully saturated rings. The number of carbonyl (C=O) groups is 1. The molecule has 0 radical (unpaired) electrons. The van der Waals surface area contributed by atoms with E-state index in [9.17, 15) is 9.90 Å². The summed E-state index contributed by atoms with van der Waals surface area (Å²) in [6, 6.07) is 15.3. The third-order valence-electron chi connectivity index (χ3n) is 5.72. The van der Waals surface area contributed by atoms with Gasteiger partial charge in [0, 0.05) is 17.5 Å². The predicted octanol–water partition coefficient (Wildman–Crippen LogP) is 3.71. The molecular formula is C24H25N3O5S. The number of hydrogen-bond acceptors (Lipinski definition) is 7. The van der Waals surface area contributed by atoms with E-state index >= 15 is 0 Å². The summed E-state index contributed by atoms with van der Waals surface area (Å²) in [6.07, 6.45) is 2.04. The molecule has 172 valence electrons. The van der Waals surface area contributed by atoms with Gasteiger partial charge in [-0.1, -0.05) is 30.3 Å². The van der Waals surface area contributed by atoms with E-state index in [1.54, 1.807) is 18.2 Å². The van der Waals surface area contributed by atoms with Crippen LogP contribution in [0.15, 0.2) is 48.5 Å². The van der Waals surface area contributed by atoms with Gasteiger partial charge in [-0.25, -0.2) is 9.78 Å². The number of thiazole rings is 1. The highest BCUT2D eigenvalue weighted by atomic mass is 32.1. The number of fused-ring (bicyclic) bond motifs is 2. The molecule has 2 heterocycles. The SMILES string of the molecule is O=C(NCC(O)COc1ccc2c(c1)OCO2)Nc1nc2c(s1)CC(c1ccccc1)CC2. The zero-order chi connectivity index (χ0) is 22.6. The molecule has 2 unspecified atom stereocenters. The van der Waals surface area contributed by atoms with E-state index in [4.69, 9.17) is 14.2 Å². The van der Waals surface area contributed by atoms with E-state index in [2.05, 4.69) is 39.9 Å². The van der Waals surface area contributed by atoms with Crippen LogP contribution in [0.3, 0.4) is 0 Å². The summed E-state index contributed by atoms with van der Waals surface area (Å²) in [4.78, 5) is 18.1. The highest BCUT2D eigenvalue weighted by molar-refractivity contribution is 7.15. The number of nitrogens with one attached hydrogen (secondary N) is 2. The van der Waals surface area contributed by atoms with Crippen LogP contribution in [0.4, 0.5) is 9.93 Å². The molecule has 1 aliphatic heterocycles. The first kappa shape index (κ1) is 21.5. The summed E-state index contributed by atoms with van der Waals surface area (Å²) >= 11 is 1.52. The van der Waals surface area contributed by atoms with Crippen molar-refractivity contribution in [3.63, 3.8) is 0 Å². The molecule has 33 heavy (non-hydrogen) atoms. The van der Waals surface area contributed by atoms with Crippen molar-refractivity contribution in [3.05, 3.63) is 64.7 Å². The van der Waals surface area contributed by atoms with Crippen LogP contribution in [0.25, 0.3) is 0 Å². The predicted molar refractivity (Wildman–Crippen MR) is 124 cm³/mol. The van der Waals surface area contributed by atoms with Gasteiger partial charge in [-0.15, -0.1) is 11.3 Å². The molecule has 0 bridgehead atoms. The van der Waals surface area contributed by atoms with Gasteiger partial charge in [-0.05, 0) is 42.9 Å². The maximum atomic E-state index is 12.3. The molecule has 9 heteroatoms. The average molecular weight is 468 g/mol. The number of aryl methyl sites for hydroxylation is 1. The van der Waals surface area contributed by atoms with Gasteiger partial charge in [0.1, 0.15) is 18.5 Å². The minimum Gasteiger partial charge on any atom is -0.491 e. The largest absolute Gasteiger partial charge is 0.491 e. The lowest BCUT2D eigenvalue weighted by Gasteiger charge is -2.21. The lowest BCUT2D eigenvalue weighted by molar-refractivity contribution is 0.108. The lowest BCUT2D eigenvalue weighted by Crippen LogP contribution is -2.37. The third kappa shape index (κ3) is 5.20. The fraction of sp³-hybridized carbons (Fsp3) is 0.333. The molecule has 1 aliphatic carbocycles. The molecule has 2 amide bonds. The van der Waals surface area contributed by atoms with Crippen molar-refractivity contribution in [1.82, 2.24) is 10.3 Å². The first-order valence-corrected chi connectivity index (χ1v) is 11.7. The van der Waals surface area contributed by atoms with Crippen LogP contribution >= 0.6 is 11.3 Å². The van der Waals surface area contributed by atoms with Crippen molar-refractivity contribution >= 4 is 22.5 Å². The molecule has 5 rings (SSSR count). The Morgan fingerprint density at radius 3 is 2.94 bits per heavy atom. The van der Waals surface area contributed by atoms with E-state index in [1.165, 1.54) is 21.8 Å². The van der Waals surface area contributed by atoms with Crippen molar-refractivity contribution < 1.29 is 24.1 Å². The summed E-state index contributed by atoms with van der Waals surface area (Å²) in [5.41, 5.74) is 2.42. The molecule has 2 aromatic carbocycles. The highest BCUT2D eigenvalue weighted by Gasteiger charge is 2.24. The van der Waals surface area contributed by atoms with Gasteiger partial charge in [0.05, 0.1) is 5.69 Å². The normalized spacial score (nSPS) is 17.2. The monoisotopic (exact) mass is 467 g/mol. The fourth-order valence-electron chi connectivity index (χ4n) is 4.01. The molecule has 1 aromatic heterocycles. The maximum Gasteiger partial charge on any atom is 0.321 e. The summed E-state index contributed by atoms with van der Waals surface area (Å²) < 4.78 is 16.1. The van der Waals surface area contributed by atoms with Crippen molar-refractivity contribution in [3.8, 4) is 17.2 Å². The first-order valence-electron chi connectivity index (χ1n) is 10.9. The Morgan fingerprint density at radius 1 is 1.21 bits per heavy atom. The number of anilines is 1. The molecule has 3 N–H and O–H groups in total. The van der Waals surface area contributed by atoms with Gasteiger partial charge < -0.3 is 24.6 Å². The standard InChI is InChI=1S/C24H25N3O5S/c28-17(13-30-18-7-9-20-21(11-18)32-14-31-20)12-25-23(29)27-24-26-19-8-6-16(10-22(19)33-24)15-4-2-1-3-5-15/h1-5,7,9,11,16-17,28H,6,8,10,12-14H2,(H2,25,26,27,29). The second-order valence-corrected chi connectivity index (χ2v) is 9.14. The van der Waals surface area contributed by atoms with E-state index < -0.39 is 12.1 Å². The number of nitrogens with zero attached hydrogens (tertiary/aromatic N) is 1. The van der Waals surface area contributed by atoms with Crippen LogP contribution < -0.4 is 24.8 Å². The summed E-state index contributed by atoms with van der Waals surface area (Å²) in [7, 11) is 0. The molecule has 2 atom stereocenters. The van der Waals surface area contributed by atoms with E-state index in [0.717, 1.165) is 25.0 Å². The van der Waals surface area contributed by atoms with Gasteiger partial charge in [0.25, 0.3) is 0 Å². The Kier molecular flexibility index (Phi) is 6.32. The van der Waals surface area contributed by atoms with Crippen molar-refractivity contribution in [2.75, 3.05) is 25.3 Å². The van der Waals surface area contributed by atoms with Crippen molar-refractivity contribution in [1.29, 1.82) is 0 Å². The zero-order valence-corrected chi connectivity index (χ0v) is 18.8. The Balaban J connectivity index is 1.07. The van der Waals surface area contributed by atoms with Gasteiger partial charge in [0.2, 0.25) is 6.79 Å².